The van der Waals surface area contributed by atoms with Crippen LogP contribution in [0.3, 0.4) is 0 Å². The minimum absolute atomic E-state index is 0. The van der Waals surface area contributed by atoms with E-state index in [0.717, 1.165) is 33.0 Å². The van der Waals surface area contributed by atoms with Gasteiger partial charge in [-0.05, 0) is 84.9 Å². The molecule has 0 radical (unpaired) electrons. The number of phenols is 2. The van der Waals surface area contributed by atoms with Crippen LogP contribution in [0.15, 0.2) is 97.1 Å². The fourth-order valence-corrected chi connectivity index (χ4v) is 4.68. The molecule has 0 atom stereocenters. The van der Waals surface area contributed by atoms with Gasteiger partial charge in [0, 0.05) is 0 Å². The lowest BCUT2D eigenvalue weighted by molar-refractivity contribution is 0.475. The number of aromatic hydroxyl groups is 2. The molecule has 0 aromatic heterocycles. The summed E-state index contributed by atoms with van der Waals surface area (Å²) in [5.41, 5.74) is 3.98. The molecular formula is C28H21NO2. The Labute approximate surface area is 179 Å². The van der Waals surface area contributed by atoms with Crippen LogP contribution in [0.25, 0.3) is 54.6 Å². The molecule has 0 aliphatic carbocycles. The Bertz CT molecular complexity index is 1550. The molecule has 0 heterocycles. The van der Waals surface area contributed by atoms with Crippen LogP contribution in [0.4, 0.5) is 0 Å². The number of hydrogen-bond acceptors (Lipinski definition) is 3. The first-order valence-electron chi connectivity index (χ1n) is 9.98. The summed E-state index contributed by atoms with van der Waals surface area (Å²) in [7, 11) is 0. The molecule has 0 saturated heterocycles. The lowest BCUT2D eigenvalue weighted by Gasteiger charge is -2.19. The summed E-state index contributed by atoms with van der Waals surface area (Å²) >= 11 is 0. The standard InChI is InChI=1S/C28H18O2.H3N/c29-22-8-2-6-19(14-22)25-16-21-11-10-17-4-1-5-18-12-13-24(28(21)26(17)18)27(25)20-7-3-9-23(30)15-20;/h1-16,29-30H;1H3. The van der Waals surface area contributed by atoms with Gasteiger partial charge in [-0.25, -0.2) is 0 Å². The van der Waals surface area contributed by atoms with E-state index < -0.39 is 0 Å². The molecule has 0 amide bonds. The zero-order valence-electron chi connectivity index (χ0n) is 16.8. The zero-order chi connectivity index (χ0) is 20.2. The molecule has 31 heavy (non-hydrogen) atoms. The molecule has 0 aliphatic heterocycles. The molecule has 3 nitrogen and oxygen atoms in total. The van der Waals surface area contributed by atoms with Crippen molar-refractivity contribution in [2.75, 3.05) is 0 Å². The predicted molar refractivity (Wildman–Crippen MR) is 129 cm³/mol. The smallest absolute Gasteiger partial charge is 0.116 e. The van der Waals surface area contributed by atoms with Gasteiger partial charge in [-0.2, -0.15) is 0 Å². The maximum absolute atomic E-state index is 10.2. The number of phenolic OH excluding ortho intramolecular Hbond substituents is 2. The average molecular weight is 403 g/mol. The Morgan fingerprint density at radius 1 is 0.484 bits per heavy atom. The highest BCUT2D eigenvalue weighted by molar-refractivity contribution is 6.27. The van der Waals surface area contributed by atoms with Gasteiger partial charge in [0.15, 0.2) is 0 Å². The van der Waals surface area contributed by atoms with Crippen molar-refractivity contribution in [3.05, 3.63) is 97.1 Å². The third-order valence-electron chi connectivity index (χ3n) is 5.94. The highest BCUT2D eigenvalue weighted by atomic mass is 16.3. The van der Waals surface area contributed by atoms with Crippen LogP contribution in [0.1, 0.15) is 0 Å². The van der Waals surface area contributed by atoms with Crippen LogP contribution in [0.2, 0.25) is 0 Å². The van der Waals surface area contributed by atoms with Crippen LogP contribution in [0, 0.1) is 0 Å². The molecule has 0 aliphatic rings. The van der Waals surface area contributed by atoms with Crippen molar-refractivity contribution in [3.63, 3.8) is 0 Å². The lowest BCUT2D eigenvalue weighted by Crippen LogP contribution is -1.91. The monoisotopic (exact) mass is 403 g/mol. The molecule has 6 aromatic carbocycles. The third kappa shape index (κ3) is 2.87. The molecule has 3 heteroatoms. The van der Waals surface area contributed by atoms with Crippen LogP contribution in [-0.2, 0) is 0 Å². The van der Waals surface area contributed by atoms with Crippen LogP contribution < -0.4 is 6.15 Å². The summed E-state index contributed by atoms with van der Waals surface area (Å²) in [4.78, 5) is 0. The fourth-order valence-electron chi connectivity index (χ4n) is 4.68. The molecule has 0 spiro atoms. The van der Waals surface area contributed by atoms with Crippen molar-refractivity contribution >= 4 is 32.3 Å². The number of benzene rings is 6. The van der Waals surface area contributed by atoms with Crippen molar-refractivity contribution in [1.29, 1.82) is 0 Å². The summed E-state index contributed by atoms with van der Waals surface area (Å²) in [5, 5.41) is 27.5. The highest BCUT2D eigenvalue weighted by Gasteiger charge is 2.17. The molecule has 150 valence electrons. The number of rotatable bonds is 2. The Morgan fingerprint density at radius 2 is 1.06 bits per heavy atom. The van der Waals surface area contributed by atoms with Gasteiger partial charge in [0.2, 0.25) is 0 Å². The van der Waals surface area contributed by atoms with E-state index in [1.165, 1.54) is 21.5 Å². The molecule has 6 rings (SSSR count). The molecular weight excluding hydrogens is 382 g/mol. The third-order valence-corrected chi connectivity index (χ3v) is 5.94. The van der Waals surface area contributed by atoms with Crippen LogP contribution in [0.5, 0.6) is 11.5 Å². The van der Waals surface area contributed by atoms with E-state index in [9.17, 15) is 10.2 Å². The molecule has 0 bridgehead atoms. The fraction of sp³-hybridized carbons (Fsp3) is 0. The molecule has 6 aromatic rings. The largest absolute Gasteiger partial charge is 0.508 e. The van der Waals surface area contributed by atoms with Gasteiger partial charge in [0.05, 0.1) is 0 Å². The van der Waals surface area contributed by atoms with Gasteiger partial charge < -0.3 is 16.4 Å². The van der Waals surface area contributed by atoms with E-state index >= 15 is 0 Å². The quantitative estimate of drug-likeness (QED) is 0.262. The summed E-state index contributed by atoms with van der Waals surface area (Å²) in [5.74, 6) is 0.472. The topological polar surface area (TPSA) is 75.5 Å². The number of hydrogen-bond donors (Lipinski definition) is 3. The summed E-state index contributed by atoms with van der Waals surface area (Å²) in [6.45, 7) is 0. The van der Waals surface area contributed by atoms with E-state index in [0.29, 0.717) is 0 Å². The van der Waals surface area contributed by atoms with Gasteiger partial charge in [0.1, 0.15) is 11.5 Å². The zero-order valence-corrected chi connectivity index (χ0v) is 16.8. The first-order valence-corrected chi connectivity index (χ1v) is 9.98. The molecule has 0 unspecified atom stereocenters. The maximum atomic E-state index is 10.2. The van der Waals surface area contributed by atoms with E-state index in [1.807, 2.05) is 24.3 Å². The Kier molecular flexibility index (Phi) is 4.28. The maximum Gasteiger partial charge on any atom is 0.116 e. The minimum Gasteiger partial charge on any atom is -0.508 e. The van der Waals surface area contributed by atoms with Crippen molar-refractivity contribution in [2.45, 2.75) is 0 Å². The first-order chi connectivity index (χ1) is 14.7. The van der Waals surface area contributed by atoms with Gasteiger partial charge in [0.25, 0.3) is 0 Å². The highest BCUT2D eigenvalue weighted by Crippen LogP contribution is 2.45. The Balaban J connectivity index is 0.00000204. The summed E-state index contributed by atoms with van der Waals surface area (Å²) < 4.78 is 0. The van der Waals surface area contributed by atoms with Gasteiger partial charge in [-0.1, -0.05) is 66.7 Å². The minimum atomic E-state index is 0. The normalized spacial score (nSPS) is 11.2. The van der Waals surface area contributed by atoms with E-state index in [-0.39, 0.29) is 17.6 Å². The van der Waals surface area contributed by atoms with Gasteiger partial charge in [-0.3, -0.25) is 0 Å². The Hall–Kier alpha value is -4.08. The second-order valence-corrected chi connectivity index (χ2v) is 7.76. The van der Waals surface area contributed by atoms with E-state index in [1.54, 1.807) is 24.3 Å². The van der Waals surface area contributed by atoms with Gasteiger partial charge >= 0.3 is 0 Å². The average Bonchev–Trinajstić information content (AvgIpc) is 2.77. The predicted octanol–water partition coefficient (Wildman–Crippen LogP) is 7.49. The molecule has 0 saturated carbocycles. The summed E-state index contributed by atoms with van der Waals surface area (Å²) in [6, 6.07) is 32.0. The molecule has 0 fully saturated rings. The first kappa shape index (κ1) is 18.9. The Morgan fingerprint density at radius 3 is 1.77 bits per heavy atom. The summed E-state index contributed by atoms with van der Waals surface area (Å²) in [6.07, 6.45) is 0. The van der Waals surface area contributed by atoms with Crippen molar-refractivity contribution in [2.24, 2.45) is 0 Å². The van der Waals surface area contributed by atoms with Crippen molar-refractivity contribution in [3.8, 4) is 33.8 Å². The molecule has 5 N–H and O–H groups in total. The second kappa shape index (κ2) is 7.01. The van der Waals surface area contributed by atoms with Crippen molar-refractivity contribution in [1.82, 2.24) is 6.15 Å². The van der Waals surface area contributed by atoms with Crippen LogP contribution >= 0.6 is 0 Å². The SMILES string of the molecule is N.Oc1cccc(-c2cc3ccc4cccc5ccc(c2-c2cccc(O)c2)c3c45)c1. The van der Waals surface area contributed by atoms with E-state index in [2.05, 4.69) is 48.5 Å². The van der Waals surface area contributed by atoms with E-state index in [4.69, 9.17) is 0 Å². The van der Waals surface area contributed by atoms with Gasteiger partial charge in [-0.15, -0.1) is 0 Å². The van der Waals surface area contributed by atoms with Crippen molar-refractivity contribution < 1.29 is 10.2 Å². The van der Waals surface area contributed by atoms with Crippen LogP contribution in [-0.4, -0.2) is 10.2 Å². The lowest BCUT2D eigenvalue weighted by atomic mass is 9.85. The second-order valence-electron chi connectivity index (χ2n) is 7.76.